The first kappa shape index (κ1) is 13.3. The van der Waals surface area contributed by atoms with Crippen LogP contribution in [0.5, 0.6) is 5.75 Å². The molecular weight excluding hydrogens is 268 g/mol. The van der Waals surface area contributed by atoms with Gasteiger partial charge in [-0.1, -0.05) is 11.6 Å². The number of esters is 1. The molecule has 2 aromatic rings. The van der Waals surface area contributed by atoms with Crippen LogP contribution in [0.25, 0.3) is 0 Å². The van der Waals surface area contributed by atoms with Crippen molar-refractivity contribution < 1.29 is 9.53 Å². The summed E-state index contributed by atoms with van der Waals surface area (Å²) in [5.74, 6) is -0.217. The topological polar surface area (TPSA) is 61.2 Å². The Bertz CT molecular complexity index is 695. The van der Waals surface area contributed by atoms with Crippen LogP contribution in [-0.4, -0.2) is 15.7 Å². The Morgan fingerprint density at radius 3 is 2.68 bits per heavy atom. The van der Waals surface area contributed by atoms with Gasteiger partial charge < -0.3 is 4.74 Å². The van der Waals surface area contributed by atoms with Crippen molar-refractivity contribution in [1.29, 1.82) is 0 Å². The molecule has 0 radical (unpaired) electrons. The Hall–Kier alpha value is -2.14. The zero-order valence-electron chi connectivity index (χ0n) is 10.4. The smallest absolute Gasteiger partial charge is 0.364 e. The third-order valence-electron chi connectivity index (χ3n) is 2.51. The van der Waals surface area contributed by atoms with E-state index in [0.717, 1.165) is 10.2 Å². The van der Waals surface area contributed by atoms with Crippen LogP contribution in [0, 0.1) is 6.92 Å². The first-order valence-electron chi connectivity index (χ1n) is 5.50. The van der Waals surface area contributed by atoms with Gasteiger partial charge in [0.1, 0.15) is 5.75 Å². The summed E-state index contributed by atoms with van der Waals surface area (Å²) in [6, 6.07) is 7.52. The SMILES string of the molecule is Cc1cc(Cl)ccc1OC(=O)c1ccc(=O)n(C)n1. The predicted molar refractivity (Wildman–Crippen MR) is 70.6 cm³/mol. The molecule has 6 heteroatoms. The molecule has 1 aromatic heterocycles. The second-order valence-corrected chi connectivity index (χ2v) is 4.42. The molecule has 1 aromatic carbocycles. The Morgan fingerprint density at radius 2 is 2.05 bits per heavy atom. The molecule has 0 fully saturated rings. The number of aromatic nitrogens is 2. The van der Waals surface area contributed by atoms with Gasteiger partial charge in [0, 0.05) is 18.1 Å². The third kappa shape index (κ3) is 3.00. The summed E-state index contributed by atoms with van der Waals surface area (Å²) >= 11 is 5.82. The van der Waals surface area contributed by atoms with Crippen LogP contribution in [0.2, 0.25) is 5.02 Å². The zero-order valence-corrected chi connectivity index (χ0v) is 11.1. The molecule has 0 spiro atoms. The summed E-state index contributed by atoms with van der Waals surface area (Å²) in [7, 11) is 1.46. The highest BCUT2D eigenvalue weighted by Crippen LogP contribution is 2.22. The lowest BCUT2D eigenvalue weighted by Crippen LogP contribution is -2.22. The fraction of sp³-hybridized carbons (Fsp3) is 0.154. The van der Waals surface area contributed by atoms with Gasteiger partial charge in [0.05, 0.1) is 0 Å². The molecule has 0 N–H and O–H groups in total. The van der Waals surface area contributed by atoms with E-state index in [9.17, 15) is 9.59 Å². The van der Waals surface area contributed by atoms with E-state index in [1.807, 2.05) is 0 Å². The van der Waals surface area contributed by atoms with Crippen LogP contribution in [0.4, 0.5) is 0 Å². The molecule has 0 atom stereocenters. The van der Waals surface area contributed by atoms with Crippen molar-refractivity contribution in [2.45, 2.75) is 6.92 Å². The maximum Gasteiger partial charge on any atom is 0.364 e. The molecule has 0 aliphatic carbocycles. The van der Waals surface area contributed by atoms with Crippen molar-refractivity contribution >= 4 is 17.6 Å². The molecule has 0 saturated carbocycles. The van der Waals surface area contributed by atoms with Crippen molar-refractivity contribution in [2.24, 2.45) is 7.05 Å². The third-order valence-corrected chi connectivity index (χ3v) is 2.74. The lowest BCUT2D eigenvalue weighted by molar-refractivity contribution is 0.0724. The van der Waals surface area contributed by atoms with Gasteiger partial charge in [0.25, 0.3) is 5.56 Å². The van der Waals surface area contributed by atoms with Gasteiger partial charge in [-0.05, 0) is 36.8 Å². The Labute approximate surface area is 114 Å². The van der Waals surface area contributed by atoms with E-state index in [1.54, 1.807) is 25.1 Å². The Morgan fingerprint density at radius 1 is 1.32 bits per heavy atom. The van der Waals surface area contributed by atoms with Gasteiger partial charge >= 0.3 is 5.97 Å². The molecular formula is C13H11ClN2O3. The van der Waals surface area contributed by atoms with E-state index in [-0.39, 0.29) is 11.3 Å². The van der Waals surface area contributed by atoms with Crippen LogP contribution < -0.4 is 10.3 Å². The standard InChI is InChI=1S/C13H11ClN2O3/c1-8-7-9(14)3-5-11(8)19-13(18)10-4-6-12(17)16(2)15-10/h3-7H,1-2H3. The monoisotopic (exact) mass is 278 g/mol. The summed E-state index contributed by atoms with van der Waals surface area (Å²) in [6.07, 6.45) is 0. The van der Waals surface area contributed by atoms with Gasteiger partial charge in [-0.3, -0.25) is 4.79 Å². The van der Waals surface area contributed by atoms with Crippen molar-refractivity contribution in [1.82, 2.24) is 9.78 Å². The second kappa shape index (κ2) is 5.24. The maximum atomic E-state index is 11.9. The molecule has 0 aliphatic rings. The van der Waals surface area contributed by atoms with E-state index in [4.69, 9.17) is 16.3 Å². The van der Waals surface area contributed by atoms with Gasteiger partial charge in [0.2, 0.25) is 0 Å². The number of ether oxygens (including phenoxy) is 1. The Balaban J connectivity index is 2.25. The predicted octanol–water partition coefficient (Wildman–Crippen LogP) is 1.96. The van der Waals surface area contributed by atoms with E-state index in [2.05, 4.69) is 5.10 Å². The van der Waals surface area contributed by atoms with E-state index in [0.29, 0.717) is 10.8 Å². The molecule has 98 valence electrons. The zero-order chi connectivity index (χ0) is 14.0. The van der Waals surface area contributed by atoms with Crippen LogP contribution >= 0.6 is 11.6 Å². The summed E-state index contributed by atoms with van der Waals surface area (Å²) in [4.78, 5) is 23.1. The summed E-state index contributed by atoms with van der Waals surface area (Å²) in [6.45, 7) is 1.78. The molecule has 19 heavy (non-hydrogen) atoms. The number of carbonyl (C=O) groups excluding carboxylic acids is 1. The Kier molecular flexibility index (Phi) is 3.66. The largest absolute Gasteiger partial charge is 0.421 e. The minimum Gasteiger partial charge on any atom is -0.421 e. The number of aryl methyl sites for hydroxylation is 2. The summed E-state index contributed by atoms with van der Waals surface area (Å²) in [5, 5.41) is 4.39. The first-order valence-corrected chi connectivity index (χ1v) is 5.88. The molecule has 2 rings (SSSR count). The number of halogens is 1. The molecule has 0 aliphatic heterocycles. The van der Waals surface area contributed by atoms with Gasteiger partial charge in [-0.15, -0.1) is 0 Å². The average molecular weight is 279 g/mol. The minimum absolute atomic E-state index is 0.0662. The molecule has 1 heterocycles. The van der Waals surface area contributed by atoms with E-state index >= 15 is 0 Å². The van der Waals surface area contributed by atoms with Crippen molar-refractivity contribution in [3.63, 3.8) is 0 Å². The first-order chi connectivity index (χ1) is 8.97. The summed E-state index contributed by atoms with van der Waals surface area (Å²) in [5.41, 5.74) is 0.515. The number of benzene rings is 1. The highest BCUT2D eigenvalue weighted by atomic mass is 35.5. The number of carbonyl (C=O) groups is 1. The summed E-state index contributed by atoms with van der Waals surface area (Å²) < 4.78 is 6.28. The number of hydrogen-bond donors (Lipinski definition) is 0. The lowest BCUT2D eigenvalue weighted by atomic mass is 10.2. The highest BCUT2D eigenvalue weighted by Gasteiger charge is 2.12. The van der Waals surface area contributed by atoms with Crippen molar-refractivity contribution in [3.8, 4) is 5.75 Å². The molecule has 5 nitrogen and oxygen atoms in total. The van der Waals surface area contributed by atoms with Crippen molar-refractivity contribution in [3.05, 3.63) is 57.0 Å². The maximum absolute atomic E-state index is 11.9. The quantitative estimate of drug-likeness (QED) is 0.622. The fourth-order valence-corrected chi connectivity index (χ4v) is 1.72. The van der Waals surface area contributed by atoms with E-state index < -0.39 is 5.97 Å². The highest BCUT2D eigenvalue weighted by molar-refractivity contribution is 6.30. The number of rotatable bonds is 2. The number of nitrogens with zero attached hydrogens (tertiary/aromatic N) is 2. The second-order valence-electron chi connectivity index (χ2n) is 3.98. The normalized spacial score (nSPS) is 10.3. The molecule has 0 unspecified atom stereocenters. The average Bonchev–Trinajstić information content (AvgIpc) is 2.36. The lowest BCUT2D eigenvalue weighted by Gasteiger charge is -2.07. The van der Waals surface area contributed by atoms with Gasteiger partial charge in [-0.25, -0.2) is 9.48 Å². The minimum atomic E-state index is -0.624. The van der Waals surface area contributed by atoms with E-state index in [1.165, 1.54) is 19.2 Å². The van der Waals surface area contributed by atoms with Crippen LogP contribution in [0.3, 0.4) is 0 Å². The van der Waals surface area contributed by atoms with Crippen LogP contribution in [0.1, 0.15) is 16.1 Å². The number of hydrogen-bond acceptors (Lipinski definition) is 4. The van der Waals surface area contributed by atoms with Crippen LogP contribution in [-0.2, 0) is 7.05 Å². The van der Waals surface area contributed by atoms with Crippen molar-refractivity contribution in [2.75, 3.05) is 0 Å². The fourth-order valence-electron chi connectivity index (χ4n) is 1.49. The molecule has 0 saturated heterocycles. The van der Waals surface area contributed by atoms with Gasteiger partial charge in [-0.2, -0.15) is 5.10 Å². The molecule has 0 amide bonds. The molecule has 0 bridgehead atoms. The van der Waals surface area contributed by atoms with Crippen LogP contribution in [0.15, 0.2) is 35.1 Å². The van der Waals surface area contributed by atoms with Gasteiger partial charge in [0.15, 0.2) is 5.69 Å².